The number of hydrogen-bond donors (Lipinski definition) is 0. The van der Waals surface area contributed by atoms with E-state index in [0.717, 1.165) is 31.5 Å². The third-order valence-corrected chi connectivity index (χ3v) is 4.99. The fraction of sp³-hybridized carbons (Fsp3) is 0.611. The highest BCUT2D eigenvalue weighted by Crippen LogP contribution is 2.21. The van der Waals surface area contributed by atoms with Crippen LogP contribution in [0, 0.1) is 5.82 Å². The number of likely N-dealkylation sites (tertiary alicyclic amines) is 2. The van der Waals surface area contributed by atoms with Crippen molar-refractivity contribution in [1.82, 2.24) is 9.80 Å². The van der Waals surface area contributed by atoms with E-state index in [2.05, 4.69) is 4.90 Å². The number of rotatable bonds is 3. The summed E-state index contributed by atoms with van der Waals surface area (Å²) in [5.41, 5.74) is 0.893. The summed E-state index contributed by atoms with van der Waals surface area (Å²) in [6.07, 6.45) is 6.58. The molecular weight excluding hydrogens is 279 g/mol. The molecule has 2 heterocycles. The first-order chi connectivity index (χ1) is 10.7. The molecule has 0 saturated carbocycles. The minimum absolute atomic E-state index is 0.170. The molecule has 22 heavy (non-hydrogen) atoms. The Morgan fingerprint density at radius 3 is 2.27 bits per heavy atom. The first-order valence-electron chi connectivity index (χ1n) is 8.48. The molecular formula is C18H25FN2O. The number of piperidine rings is 2. The number of amides is 1. The van der Waals surface area contributed by atoms with Crippen molar-refractivity contribution in [1.29, 1.82) is 0 Å². The lowest BCUT2D eigenvalue weighted by Crippen LogP contribution is -2.48. The monoisotopic (exact) mass is 304 g/mol. The van der Waals surface area contributed by atoms with Gasteiger partial charge in [0, 0.05) is 19.1 Å². The van der Waals surface area contributed by atoms with Crippen LogP contribution in [0.5, 0.6) is 0 Å². The summed E-state index contributed by atoms with van der Waals surface area (Å²) in [5.74, 6) is -0.0813. The van der Waals surface area contributed by atoms with Crippen molar-refractivity contribution in [3.05, 3.63) is 35.6 Å². The second-order valence-corrected chi connectivity index (χ2v) is 6.51. The molecule has 120 valence electrons. The Labute approximate surface area is 132 Å². The Balaban J connectivity index is 1.48. The summed E-state index contributed by atoms with van der Waals surface area (Å²) in [6, 6.07) is 6.91. The average Bonchev–Trinajstić information content (AvgIpc) is 2.58. The first kappa shape index (κ1) is 15.5. The Morgan fingerprint density at radius 1 is 1.00 bits per heavy atom. The maximum atomic E-state index is 12.9. The van der Waals surface area contributed by atoms with E-state index < -0.39 is 0 Å². The van der Waals surface area contributed by atoms with Gasteiger partial charge in [0.15, 0.2) is 0 Å². The molecule has 0 aromatic heterocycles. The number of halogens is 1. The lowest BCUT2D eigenvalue weighted by molar-refractivity contribution is -0.132. The zero-order valence-corrected chi connectivity index (χ0v) is 13.1. The first-order valence-corrected chi connectivity index (χ1v) is 8.48. The molecule has 2 aliphatic heterocycles. The molecule has 0 bridgehead atoms. The van der Waals surface area contributed by atoms with E-state index in [9.17, 15) is 9.18 Å². The van der Waals surface area contributed by atoms with Crippen LogP contribution in [-0.4, -0.2) is 47.9 Å². The lowest BCUT2D eigenvalue weighted by Gasteiger charge is -2.40. The van der Waals surface area contributed by atoms with Gasteiger partial charge in [-0.3, -0.25) is 4.79 Å². The molecule has 0 atom stereocenters. The zero-order valence-electron chi connectivity index (χ0n) is 13.1. The summed E-state index contributed by atoms with van der Waals surface area (Å²) in [7, 11) is 0. The van der Waals surface area contributed by atoms with Gasteiger partial charge in [-0.05, 0) is 56.5 Å². The summed E-state index contributed by atoms with van der Waals surface area (Å²) in [4.78, 5) is 16.9. The Kier molecular flexibility index (Phi) is 5.08. The van der Waals surface area contributed by atoms with Crippen molar-refractivity contribution in [2.75, 3.05) is 26.2 Å². The predicted molar refractivity (Wildman–Crippen MR) is 85.1 cm³/mol. The van der Waals surface area contributed by atoms with E-state index in [1.807, 2.05) is 4.90 Å². The van der Waals surface area contributed by atoms with Crippen LogP contribution in [0.2, 0.25) is 0 Å². The topological polar surface area (TPSA) is 23.6 Å². The van der Waals surface area contributed by atoms with E-state index >= 15 is 0 Å². The minimum atomic E-state index is -0.251. The van der Waals surface area contributed by atoms with E-state index in [-0.39, 0.29) is 11.7 Å². The second-order valence-electron chi connectivity index (χ2n) is 6.51. The number of hydrogen-bond acceptors (Lipinski definition) is 2. The third kappa shape index (κ3) is 3.86. The van der Waals surface area contributed by atoms with Gasteiger partial charge in [0.1, 0.15) is 5.82 Å². The molecule has 2 fully saturated rings. The fourth-order valence-electron chi connectivity index (χ4n) is 3.65. The van der Waals surface area contributed by atoms with Gasteiger partial charge in [-0.15, -0.1) is 0 Å². The highest BCUT2D eigenvalue weighted by Gasteiger charge is 2.27. The van der Waals surface area contributed by atoms with E-state index in [4.69, 9.17) is 0 Å². The summed E-state index contributed by atoms with van der Waals surface area (Å²) < 4.78 is 12.9. The van der Waals surface area contributed by atoms with Crippen LogP contribution in [0.4, 0.5) is 4.39 Å². The van der Waals surface area contributed by atoms with Gasteiger partial charge in [0.2, 0.25) is 5.91 Å². The quantitative estimate of drug-likeness (QED) is 0.857. The van der Waals surface area contributed by atoms with E-state index in [1.165, 1.54) is 44.5 Å². The van der Waals surface area contributed by atoms with Gasteiger partial charge in [0.25, 0.3) is 0 Å². The number of benzene rings is 1. The van der Waals surface area contributed by atoms with Crippen LogP contribution in [0.3, 0.4) is 0 Å². The molecule has 1 aromatic carbocycles. The summed E-state index contributed by atoms with van der Waals surface area (Å²) in [5, 5.41) is 0. The summed E-state index contributed by atoms with van der Waals surface area (Å²) >= 11 is 0. The van der Waals surface area contributed by atoms with Crippen molar-refractivity contribution in [2.45, 2.75) is 44.6 Å². The zero-order chi connectivity index (χ0) is 15.4. The van der Waals surface area contributed by atoms with Gasteiger partial charge < -0.3 is 9.80 Å². The molecule has 0 radical (unpaired) electrons. The lowest BCUT2D eigenvalue weighted by atomic mass is 9.99. The van der Waals surface area contributed by atoms with Gasteiger partial charge in [-0.2, -0.15) is 0 Å². The molecule has 0 spiro atoms. The normalized spacial score (nSPS) is 21.0. The van der Waals surface area contributed by atoms with Crippen molar-refractivity contribution >= 4 is 5.91 Å². The van der Waals surface area contributed by atoms with Gasteiger partial charge in [0.05, 0.1) is 6.42 Å². The van der Waals surface area contributed by atoms with Gasteiger partial charge in [-0.1, -0.05) is 18.6 Å². The van der Waals surface area contributed by atoms with Crippen molar-refractivity contribution in [3.63, 3.8) is 0 Å². The highest BCUT2D eigenvalue weighted by atomic mass is 19.1. The Bertz CT molecular complexity index is 488. The molecule has 1 amide bonds. The van der Waals surface area contributed by atoms with Crippen LogP contribution in [0.25, 0.3) is 0 Å². The average molecular weight is 304 g/mol. The molecule has 2 saturated heterocycles. The van der Waals surface area contributed by atoms with Crippen LogP contribution in [0.1, 0.15) is 37.7 Å². The second kappa shape index (κ2) is 7.23. The number of carbonyl (C=O) groups excluding carboxylic acids is 1. The molecule has 3 rings (SSSR count). The van der Waals surface area contributed by atoms with Crippen molar-refractivity contribution in [2.24, 2.45) is 0 Å². The minimum Gasteiger partial charge on any atom is -0.342 e. The maximum absolute atomic E-state index is 12.9. The van der Waals surface area contributed by atoms with Crippen LogP contribution in [-0.2, 0) is 11.2 Å². The van der Waals surface area contributed by atoms with E-state index in [0.29, 0.717) is 12.5 Å². The SMILES string of the molecule is O=C(Cc1ccc(F)cc1)N1CCC(N2CCCCC2)CC1. The fourth-order valence-corrected chi connectivity index (χ4v) is 3.65. The van der Waals surface area contributed by atoms with Gasteiger partial charge in [-0.25, -0.2) is 4.39 Å². The Hall–Kier alpha value is -1.42. The van der Waals surface area contributed by atoms with E-state index in [1.54, 1.807) is 12.1 Å². The third-order valence-electron chi connectivity index (χ3n) is 4.99. The predicted octanol–water partition coefficient (Wildman–Crippen LogP) is 2.85. The number of nitrogens with zero attached hydrogens (tertiary/aromatic N) is 2. The molecule has 4 heteroatoms. The van der Waals surface area contributed by atoms with Crippen molar-refractivity contribution < 1.29 is 9.18 Å². The maximum Gasteiger partial charge on any atom is 0.226 e. The smallest absolute Gasteiger partial charge is 0.226 e. The summed E-state index contributed by atoms with van der Waals surface area (Å²) in [6.45, 7) is 4.19. The Morgan fingerprint density at radius 2 is 1.64 bits per heavy atom. The molecule has 2 aliphatic rings. The molecule has 1 aromatic rings. The molecule has 0 unspecified atom stereocenters. The van der Waals surface area contributed by atoms with Crippen LogP contribution in [0.15, 0.2) is 24.3 Å². The molecule has 0 N–H and O–H groups in total. The van der Waals surface area contributed by atoms with Gasteiger partial charge >= 0.3 is 0 Å². The standard InChI is InChI=1S/C18H25FN2O/c19-16-6-4-15(5-7-16)14-18(22)21-12-8-17(9-13-21)20-10-2-1-3-11-20/h4-7,17H,1-3,8-14H2. The van der Waals surface area contributed by atoms with Crippen molar-refractivity contribution in [3.8, 4) is 0 Å². The molecule has 3 nitrogen and oxygen atoms in total. The largest absolute Gasteiger partial charge is 0.342 e. The molecule has 0 aliphatic carbocycles. The highest BCUT2D eigenvalue weighted by molar-refractivity contribution is 5.78. The van der Waals surface area contributed by atoms with Crippen LogP contribution < -0.4 is 0 Å². The van der Waals surface area contributed by atoms with Crippen LogP contribution >= 0.6 is 0 Å². The number of carbonyl (C=O) groups is 1.